The molecule has 0 spiro atoms. The van der Waals surface area contributed by atoms with E-state index in [1.165, 1.54) is 23.1 Å². The summed E-state index contributed by atoms with van der Waals surface area (Å²) >= 11 is 2.74. The van der Waals surface area contributed by atoms with Crippen LogP contribution < -0.4 is 10.6 Å². The second kappa shape index (κ2) is 9.52. The molecule has 1 aromatic heterocycles. The quantitative estimate of drug-likeness (QED) is 0.470. The molecule has 0 fully saturated rings. The fraction of sp³-hybridized carbons (Fsp3) is 0.263. The van der Waals surface area contributed by atoms with E-state index in [0.29, 0.717) is 23.7 Å². The van der Waals surface area contributed by atoms with Crippen molar-refractivity contribution in [2.75, 3.05) is 16.4 Å². The maximum atomic E-state index is 12.5. The number of hydrogen-bond donors (Lipinski definition) is 3. The van der Waals surface area contributed by atoms with Gasteiger partial charge in [0.1, 0.15) is 0 Å². The smallest absolute Gasteiger partial charge is 0.307 e. The molecule has 3 rings (SSSR count). The molecule has 2 amide bonds. The molecular weight excluding hydrogens is 398 g/mol. The Balaban J connectivity index is 1.51. The second-order valence-electron chi connectivity index (χ2n) is 6.18. The molecule has 0 saturated heterocycles. The summed E-state index contributed by atoms with van der Waals surface area (Å²) in [7, 11) is 0. The number of anilines is 2. The Hall–Kier alpha value is -2.65. The third-order valence-electron chi connectivity index (χ3n) is 4.26. The van der Waals surface area contributed by atoms with E-state index < -0.39 is 17.8 Å². The molecule has 1 heterocycles. The minimum atomic E-state index is -0.952. The number of thiazole rings is 1. The number of rotatable bonds is 7. The van der Waals surface area contributed by atoms with Crippen molar-refractivity contribution in [1.82, 2.24) is 4.98 Å². The Morgan fingerprint density at radius 1 is 1.11 bits per heavy atom. The van der Waals surface area contributed by atoms with Gasteiger partial charge in [-0.25, -0.2) is 4.98 Å². The molecule has 2 atom stereocenters. The molecule has 9 heteroatoms. The van der Waals surface area contributed by atoms with Gasteiger partial charge < -0.3 is 15.7 Å². The zero-order valence-electron chi connectivity index (χ0n) is 14.8. The highest BCUT2D eigenvalue weighted by molar-refractivity contribution is 8.00. The van der Waals surface area contributed by atoms with E-state index in [4.69, 9.17) is 0 Å². The van der Waals surface area contributed by atoms with Gasteiger partial charge in [-0.05, 0) is 37.1 Å². The average molecular weight is 418 g/mol. The lowest BCUT2D eigenvalue weighted by atomic mass is 9.82. The average Bonchev–Trinajstić information content (AvgIpc) is 3.20. The number of aromatic nitrogens is 1. The molecule has 1 aromatic carbocycles. The predicted molar refractivity (Wildman–Crippen MR) is 110 cm³/mol. The Kier molecular flexibility index (Phi) is 6.83. The summed E-state index contributed by atoms with van der Waals surface area (Å²) in [6, 6.07) is 7.11. The molecule has 0 bridgehead atoms. The highest BCUT2D eigenvalue weighted by Crippen LogP contribution is 2.28. The summed E-state index contributed by atoms with van der Waals surface area (Å²) in [4.78, 5) is 40.6. The number of hydrogen-bond acceptors (Lipinski definition) is 6. The lowest BCUT2D eigenvalue weighted by molar-refractivity contribution is -0.146. The standard InChI is InChI=1S/C19H19N3O4S2/c23-16(22-19-20-9-10-27-19)11-28-13-7-5-12(6-8-13)21-17(24)14-3-1-2-4-15(14)18(25)26/h1-2,5-10,14-15H,3-4,11H2,(H,21,24)(H,25,26)(H,20,22,23). The van der Waals surface area contributed by atoms with E-state index in [1.807, 2.05) is 18.2 Å². The van der Waals surface area contributed by atoms with Crippen LogP contribution in [0.2, 0.25) is 0 Å². The number of carbonyl (C=O) groups is 3. The zero-order valence-corrected chi connectivity index (χ0v) is 16.5. The number of aliphatic carboxylic acids is 1. The van der Waals surface area contributed by atoms with Gasteiger partial charge in [0.2, 0.25) is 11.8 Å². The van der Waals surface area contributed by atoms with E-state index in [2.05, 4.69) is 15.6 Å². The number of nitrogens with zero attached hydrogens (tertiary/aromatic N) is 1. The number of carbonyl (C=O) groups excluding carboxylic acids is 2. The van der Waals surface area contributed by atoms with Crippen molar-refractivity contribution in [1.29, 1.82) is 0 Å². The molecule has 28 heavy (non-hydrogen) atoms. The van der Waals surface area contributed by atoms with Crippen molar-refractivity contribution in [3.63, 3.8) is 0 Å². The number of nitrogens with one attached hydrogen (secondary N) is 2. The first-order valence-electron chi connectivity index (χ1n) is 8.64. The molecule has 3 N–H and O–H groups in total. The lowest BCUT2D eigenvalue weighted by Crippen LogP contribution is -2.34. The van der Waals surface area contributed by atoms with Crippen LogP contribution >= 0.6 is 23.1 Å². The normalized spacial score (nSPS) is 18.4. The van der Waals surface area contributed by atoms with Gasteiger partial charge in [-0.1, -0.05) is 12.2 Å². The highest BCUT2D eigenvalue weighted by Gasteiger charge is 2.33. The van der Waals surface area contributed by atoms with Crippen molar-refractivity contribution < 1.29 is 19.5 Å². The third kappa shape index (κ3) is 5.43. The summed E-state index contributed by atoms with van der Waals surface area (Å²) in [5, 5.41) is 17.2. The molecular formula is C19H19N3O4S2. The van der Waals surface area contributed by atoms with E-state index in [0.717, 1.165) is 4.90 Å². The first kappa shape index (κ1) is 20.1. The number of carboxylic acid groups (broad SMARTS) is 1. The molecule has 7 nitrogen and oxygen atoms in total. The summed E-state index contributed by atoms with van der Waals surface area (Å²) in [6.07, 6.45) is 6.07. The summed E-state index contributed by atoms with van der Waals surface area (Å²) in [5.41, 5.74) is 0.597. The highest BCUT2D eigenvalue weighted by atomic mass is 32.2. The summed E-state index contributed by atoms with van der Waals surface area (Å²) in [5.74, 6) is -2.41. The van der Waals surface area contributed by atoms with Crippen LogP contribution in [0, 0.1) is 11.8 Å². The Morgan fingerprint density at radius 2 is 1.82 bits per heavy atom. The first-order chi connectivity index (χ1) is 13.5. The molecule has 1 aliphatic carbocycles. The van der Waals surface area contributed by atoms with Crippen molar-refractivity contribution in [2.45, 2.75) is 17.7 Å². The van der Waals surface area contributed by atoms with Crippen LogP contribution in [0.1, 0.15) is 12.8 Å². The fourth-order valence-corrected chi connectivity index (χ4v) is 4.08. The first-order valence-corrected chi connectivity index (χ1v) is 10.5. The zero-order chi connectivity index (χ0) is 19.9. The summed E-state index contributed by atoms with van der Waals surface area (Å²) < 4.78 is 0. The van der Waals surface area contributed by atoms with E-state index in [1.54, 1.807) is 29.8 Å². The molecule has 146 valence electrons. The fourth-order valence-electron chi connectivity index (χ4n) is 2.84. The van der Waals surface area contributed by atoms with Gasteiger partial charge in [0, 0.05) is 22.2 Å². The number of thioether (sulfide) groups is 1. The molecule has 1 aliphatic rings. The Labute approximate surface area is 170 Å². The van der Waals surface area contributed by atoms with Crippen LogP contribution in [-0.4, -0.2) is 33.6 Å². The number of carboxylic acids is 1. The van der Waals surface area contributed by atoms with Gasteiger partial charge in [0.25, 0.3) is 0 Å². The van der Waals surface area contributed by atoms with E-state index in [9.17, 15) is 19.5 Å². The maximum absolute atomic E-state index is 12.5. The number of allylic oxidation sites excluding steroid dienone is 2. The molecule has 2 aromatic rings. The molecule has 2 unspecified atom stereocenters. The van der Waals surface area contributed by atoms with Crippen LogP contribution in [-0.2, 0) is 14.4 Å². The van der Waals surface area contributed by atoms with Crippen molar-refractivity contribution in [3.05, 3.63) is 48.0 Å². The van der Waals surface area contributed by atoms with E-state index in [-0.39, 0.29) is 17.6 Å². The third-order valence-corrected chi connectivity index (χ3v) is 5.96. The SMILES string of the molecule is O=C(CSc1ccc(NC(=O)C2CC=CCC2C(=O)O)cc1)Nc1nccs1. The maximum Gasteiger partial charge on any atom is 0.307 e. The van der Waals surface area contributed by atoms with Gasteiger partial charge in [-0.3, -0.25) is 14.4 Å². The van der Waals surface area contributed by atoms with Crippen LogP contribution in [0.15, 0.2) is 52.9 Å². The second-order valence-corrected chi connectivity index (χ2v) is 8.13. The Bertz CT molecular complexity index is 866. The van der Waals surface area contributed by atoms with Crippen LogP contribution in [0.5, 0.6) is 0 Å². The van der Waals surface area contributed by atoms with Crippen LogP contribution in [0.3, 0.4) is 0 Å². The van der Waals surface area contributed by atoms with Crippen LogP contribution in [0.25, 0.3) is 0 Å². The van der Waals surface area contributed by atoms with Gasteiger partial charge >= 0.3 is 5.97 Å². The Morgan fingerprint density at radius 3 is 2.46 bits per heavy atom. The van der Waals surface area contributed by atoms with Crippen LogP contribution in [0.4, 0.5) is 10.8 Å². The molecule has 0 radical (unpaired) electrons. The van der Waals surface area contributed by atoms with Crippen molar-refractivity contribution in [2.24, 2.45) is 11.8 Å². The topological polar surface area (TPSA) is 108 Å². The largest absolute Gasteiger partial charge is 0.481 e. The summed E-state index contributed by atoms with van der Waals surface area (Å²) in [6.45, 7) is 0. The van der Waals surface area contributed by atoms with Gasteiger partial charge in [-0.2, -0.15) is 0 Å². The molecule has 0 saturated carbocycles. The van der Waals surface area contributed by atoms with E-state index >= 15 is 0 Å². The molecule has 0 aliphatic heterocycles. The monoisotopic (exact) mass is 417 g/mol. The predicted octanol–water partition coefficient (Wildman–Crippen LogP) is 3.48. The minimum absolute atomic E-state index is 0.137. The number of benzene rings is 1. The van der Waals surface area contributed by atoms with Crippen molar-refractivity contribution in [3.8, 4) is 0 Å². The van der Waals surface area contributed by atoms with Gasteiger partial charge in [0.15, 0.2) is 5.13 Å². The van der Waals surface area contributed by atoms with Gasteiger partial charge in [-0.15, -0.1) is 23.1 Å². The minimum Gasteiger partial charge on any atom is -0.481 e. The van der Waals surface area contributed by atoms with Crippen molar-refractivity contribution >= 4 is 51.7 Å². The number of amides is 2. The van der Waals surface area contributed by atoms with Gasteiger partial charge in [0.05, 0.1) is 17.6 Å². The lowest BCUT2D eigenvalue weighted by Gasteiger charge is -2.24.